The lowest BCUT2D eigenvalue weighted by atomic mass is 9.85. The number of carbonyl (C=O) groups is 1. The number of nitrogens with one attached hydrogen (secondary N) is 1. The predicted octanol–water partition coefficient (Wildman–Crippen LogP) is 1.14. The quantitative estimate of drug-likeness (QED) is 0.283. The van der Waals surface area contributed by atoms with E-state index in [9.17, 15) is 4.79 Å². The lowest BCUT2D eigenvalue weighted by molar-refractivity contribution is -0.127. The maximum atomic E-state index is 12.2. The average Bonchev–Trinajstić information content (AvgIpc) is 2.99. The summed E-state index contributed by atoms with van der Waals surface area (Å²) in [4.78, 5) is 14.5. The van der Waals surface area contributed by atoms with Crippen molar-refractivity contribution in [3.05, 3.63) is 0 Å². The fraction of sp³-hybridized carbons (Fsp3) is 0.857. The highest BCUT2D eigenvalue weighted by Crippen LogP contribution is 2.23. The third-order valence-electron chi connectivity index (χ3n) is 4.58. The normalized spacial score (nSPS) is 20.1. The number of likely N-dealkylation sites (N-methyl/N-ethyl adjacent to an activating group) is 1. The minimum atomic E-state index is -0.944. The predicted molar refractivity (Wildman–Crippen MR) is 79.7 cm³/mol. The van der Waals surface area contributed by atoms with E-state index in [1.54, 1.807) is 6.92 Å². The van der Waals surface area contributed by atoms with Crippen molar-refractivity contribution in [2.45, 2.75) is 52.0 Å². The van der Waals surface area contributed by atoms with Gasteiger partial charge in [0.25, 0.3) is 0 Å². The van der Waals surface area contributed by atoms with Crippen LogP contribution in [0.15, 0.2) is 5.16 Å². The molecular formula is C14H28N4O2. The van der Waals surface area contributed by atoms with Gasteiger partial charge >= 0.3 is 0 Å². The van der Waals surface area contributed by atoms with E-state index in [0.29, 0.717) is 19.0 Å². The molecule has 0 aromatic carbocycles. The van der Waals surface area contributed by atoms with E-state index in [-0.39, 0.29) is 11.7 Å². The summed E-state index contributed by atoms with van der Waals surface area (Å²) in [6, 6.07) is 0.647. The molecule has 0 bridgehead atoms. The number of hydrogen-bond donors (Lipinski definition) is 3. The highest BCUT2D eigenvalue weighted by molar-refractivity contribution is 6.06. The Morgan fingerprint density at radius 3 is 2.60 bits per heavy atom. The molecule has 20 heavy (non-hydrogen) atoms. The Kier molecular flexibility index (Phi) is 6.26. The van der Waals surface area contributed by atoms with E-state index < -0.39 is 5.41 Å². The molecule has 116 valence electrons. The fourth-order valence-electron chi connectivity index (χ4n) is 2.64. The highest BCUT2D eigenvalue weighted by atomic mass is 16.4. The Hall–Kier alpha value is -1.30. The first-order valence-corrected chi connectivity index (χ1v) is 7.42. The third kappa shape index (κ3) is 3.85. The van der Waals surface area contributed by atoms with Gasteiger partial charge in [-0.15, -0.1) is 0 Å². The van der Waals surface area contributed by atoms with Crippen LogP contribution in [0.2, 0.25) is 0 Å². The Bertz CT molecular complexity index is 353. The van der Waals surface area contributed by atoms with Crippen LogP contribution in [0.3, 0.4) is 0 Å². The monoisotopic (exact) mass is 284 g/mol. The van der Waals surface area contributed by atoms with Crippen LogP contribution < -0.4 is 11.1 Å². The molecule has 0 radical (unpaired) electrons. The zero-order valence-corrected chi connectivity index (χ0v) is 12.9. The zero-order valence-electron chi connectivity index (χ0n) is 12.9. The van der Waals surface area contributed by atoms with E-state index in [4.69, 9.17) is 10.9 Å². The third-order valence-corrected chi connectivity index (χ3v) is 4.58. The van der Waals surface area contributed by atoms with Gasteiger partial charge in [0.2, 0.25) is 5.91 Å². The molecular weight excluding hydrogens is 256 g/mol. The summed E-state index contributed by atoms with van der Waals surface area (Å²) in [6.45, 7) is 4.95. The van der Waals surface area contributed by atoms with Crippen molar-refractivity contribution in [3.8, 4) is 0 Å². The van der Waals surface area contributed by atoms with Gasteiger partial charge in [0.15, 0.2) is 5.84 Å². The Morgan fingerprint density at radius 2 is 2.10 bits per heavy atom. The number of nitrogens with two attached hydrogens (primary N) is 1. The number of oxime groups is 1. The van der Waals surface area contributed by atoms with E-state index in [1.165, 1.54) is 25.7 Å². The SMILES string of the molecule is CCC(C)(C(=O)NCCN(C)C1CCCC1)C(N)=NO. The Morgan fingerprint density at radius 1 is 1.50 bits per heavy atom. The summed E-state index contributed by atoms with van der Waals surface area (Å²) in [5.41, 5.74) is 4.68. The van der Waals surface area contributed by atoms with E-state index in [1.807, 2.05) is 6.92 Å². The largest absolute Gasteiger partial charge is 0.409 e. The molecule has 0 aliphatic heterocycles. The van der Waals surface area contributed by atoms with Gasteiger partial charge in [0.1, 0.15) is 5.41 Å². The van der Waals surface area contributed by atoms with Crippen LogP contribution in [0, 0.1) is 5.41 Å². The molecule has 4 N–H and O–H groups in total. The second kappa shape index (κ2) is 7.47. The highest BCUT2D eigenvalue weighted by Gasteiger charge is 2.36. The molecule has 0 heterocycles. The van der Waals surface area contributed by atoms with Crippen LogP contribution in [0.1, 0.15) is 46.0 Å². The maximum Gasteiger partial charge on any atom is 0.233 e. The molecule has 1 atom stereocenters. The van der Waals surface area contributed by atoms with Crippen LogP contribution in [-0.2, 0) is 4.79 Å². The van der Waals surface area contributed by atoms with E-state index in [0.717, 1.165) is 6.54 Å². The molecule has 0 spiro atoms. The number of nitrogens with zero attached hydrogens (tertiary/aromatic N) is 2. The van der Waals surface area contributed by atoms with Crippen molar-refractivity contribution >= 4 is 11.7 Å². The van der Waals surface area contributed by atoms with Gasteiger partial charge in [0.05, 0.1) is 0 Å². The second-order valence-corrected chi connectivity index (χ2v) is 5.85. The van der Waals surface area contributed by atoms with Crippen molar-refractivity contribution in [2.24, 2.45) is 16.3 Å². The standard InChI is InChI=1S/C14H28N4O2/c1-4-14(2,12(15)17-20)13(19)16-9-10-18(3)11-7-5-6-8-11/h11,20H,4-10H2,1-3H3,(H2,15,17)(H,16,19). The van der Waals surface area contributed by atoms with Crippen molar-refractivity contribution < 1.29 is 10.0 Å². The lowest BCUT2D eigenvalue weighted by Gasteiger charge is -2.27. The van der Waals surface area contributed by atoms with Crippen LogP contribution in [0.5, 0.6) is 0 Å². The molecule has 1 aliphatic rings. The minimum absolute atomic E-state index is 0.0401. The first-order valence-electron chi connectivity index (χ1n) is 7.42. The molecule has 0 aromatic rings. The molecule has 1 fully saturated rings. The number of hydrogen-bond acceptors (Lipinski definition) is 4. The van der Waals surface area contributed by atoms with Crippen molar-refractivity contribution in [1.29, 1.82) is 0 Å². The van der Waals surface area contributed by atoms with Gasteiger partial charge in [-0.25, -0.2) is 0 Å². The number of carbonyl (C=O) groups excluding carboxylic acids is 1. The van der Waals surface area contributed by atoms with Crippen molar-refractivity contribution in [2.75, 3.05) is 20.1 Å². The van der Waals surface area contributed by atoms with Crippen LogP contribution in [0.4, 0.5) is 0 Å². The average molecular weight is 284 g/mol. The molecule has 1 saturated carbocycles. The van der Waals surface area contributed by atoms with Crippen molar-refractivity contribution in [3.63, 3.8) is 0 Å². The zero-order chi connectivity index (χ0) is 15.2. The molecule has 6 heteroatoms. The Balaban J connectivity index is 2.42. The summed E-state index contributed by atoms with van der Waals surface area (Å²) in [5, 5.41) is 14.7. The van der Waals surface area contributed by atoms with E-state index in [2.05, 4.69) is 22.4 Å². The fourth-order valence-corrected chi connectivity index (χ4v) is 2.64. The van der Waals surface area contributed by atoms with Gasteiger partial charge in [0, 0.05) is 19.1 Å². The summed E-state index contributed by atoms with van der Waals surface area (Å²) in [6.07, 6.45) is 5.60. The van der Waals surface area contributed by atoms with Crippen LogP contribution in [0.25, 0.3) is 0 Å². The molecule has 1 unspecified atom stereocenters. The summed E-state index contributed by atoms with van der Waals surface area (Å²) in [7, 11) is 2.10. The van der Waals surface area contributed by atoms with Crippen LogP contribution >= 0.6 is 0 Å². The second-order valence-electron chi connectivity index (χ2n) is 5.85. The lowest BCUT2D eigenvalue weighted by Crippen LogP contribution is -2.49. The number of rotatable bonds is 7. The Labute approximate surface area is 121 Å². The molecule has 1 aliphatic carbocycles. The first-order chi connectivity index (χ1) is 9.45. The van der Waals surface area contributed by atoms with Gasteiger partial charge in [-0.05, 0) is 33.2 Å². The molecule has 0 aromatic heterocycles. The number of amidine groups is 1. The minimum Gasteiger partial charge on any atom is -0.409 e. The molecule has 1 rings (SSSR count). The van der Waals surface area contributed by atoms with E-state index >= 15 is 0 Å². The summed E-state index contributed by atoms with van der Waals surface area (Å²) >= 11 is 0. The summed E-state index contributed by atoms with van der Waals surface area (Å²) < 4.78 is 0. The van der Waals surface area contributed by atoms with Gasteiger partial charge in [-0.1, -0.05) is 24.9 Å². The number of amides is 1. The van der Waals surface area contributed by atoms with Crippen molar-refractivity contribution in [1.82, 2.24) is 10.2 Å². The maximum absolute atomic E-state index is 12.2. The topological polar surface area (TPSA) is 91.0 Å². The van der Waals surface area contributed by atoms with Gasteiger partial charge < -0.3 is 21.2 Å². The smallest absolute Gasteiger partial charge is 0.233 e. The molecule has 0 saturated heterocycles. The van der Waals surface area contributed by atoms with Gasteiger partial charge in [-0.3, -0.25) is 4.79 Å². The molecule has 6 nitrogen and oxygen atoms in total. The first kappa shape index (κ1) is 16.8. The van der Waals surface area contributed by atoms with Crippen LogP contribution in [-0.4, -0.2) is 48.0 Å². The molecule has 1 amide bonds. The van der Waals surface area contributed by atoms with Gasteiger partial charge in [-0.2, -0.15) is 0 Å². The summed E-state index contributed by atoms with van der Waals surface area (Å²) in [5.74, 6) is -0.225.